The van der Waals surface area contributed by atoms with Crippen LogP contribution in [0.25, 0.3) is 5.69 Å². The summed E-state index contributed by atoms with van der Waals surface area (Å²) in [5, 5.41) is 3.34. The van der Waals surface area contributed by atoms with E-state index in [1.165, 1.54) is 0 Å². The molecule has 0 spiro atoms. The topological polar surface area (TPSA) is 48.3 Å². The first-order chi connectivity index (χ1) is 9.65. The Morgan fingerprint density at radius 3 is 2.80 bits per heavy atom. The summed E-state index contributed by atoms with van der Waals surface area (Å²) in [4.78, 5) is 4.36. The van der Waals surface area contributed by atoms with Crippen LogP contribution < -0.4 is 10.1 Å². The largest absolute Gasteiger partial charge is 0.497 e. The highest BCUT2D eigenvalue weighted by Gasteiger charge is 2.10. The van der Waals surface area contributed by atoms with Crippen LogP contribution in [0.3, 0.4) is 0 Å². The van der Waals surface area contributed by atoms with Gasteiger partial charge in [-0.2, -0.15) is 0 Å². The average Bonchev–Trinajstić information content (AvgIpc) is 2.86. The van der Waals surface area contributed by atoms with Crippen LogP contribution in [-0.4, -0.2) is 36.4 Å². The molecule has 0 radical (unpaired) electrons. The Bertz CT molecular complexity index is 566. The van der Waals surface area contributed by atoms with E-state index >= 15 is 0 Å². The zero-order chi connectivity index (χ0) is 14.5. The zero-order valence-electron chi connectivity index (χ0n) is 12.4. The van der Waals surface area contributed by atoms with E-state index in [2.05, 4.69) is 24.1 Å². The third kappa shape index (κ3) is 3.11. The van der Waals surface area contributed by atoms with E-state index in [1.54, 1.807) is 20.4 Å². The summed E-state index contributed by atoms with van der Waals surface area (Å²) >= 11 is 0. The fourth-order valence-corrected chi connectivity index (χ4v) is 2.14. The molecule has 5 nitrogen and oxygen atoms in total. The maximum absolute atomic E-state index is 5.24. The lowest BCUT2D eigenvalue weighted by atomic mass is 10.2. The molecule has 1 N–H and O–H groups in total. The minimum absolute atomic E-state index is 0.194. The predicted molar refractivity (Wildman–Crippen MR) is 79.8 cm³/mol. The van der Waals surface area contributed by atoms with Gasteiger partial charge in [-0.1, -0.05) is 0 Å². The second-order valence-corrected chi connectivity index (χ2v) is 4.77. The highest BCUT2D eigenvalue weighted by molar-refractivity contribution is 5.49. The van der Waals surface area contributed by atoms with Crippen LogP contribution in [-0.2, 0) is 4.74 Å². The number of hydrogen-bond acceptors (Lipinski definition) is 4. The van der Waals surface area contributed by atoms with Crippen LogP contribution in [0.1, 0.15) is 12.5 Å². The van der Waals surface area contributed by atoms with Crippen molar-refractivity contribution in [1.29, 1.82) is 0 Å². The lowest BCUT2D eigenvalue weighted by Crippen LogP contribution is -2.23. The van der Waals surface area contributed by atoms with Crippen molar-refractivity contribution in [1.82, 2.24) is 9.55 Å². The van der Waals surface area contributed by atoms with Gasteiger partial charge in [0.1, 0.15) is 5.75 Å². The number of aromatic nitrogens is 2. The number of rotatable bonds is 6. The first-order valence-electron chi connectivity index (χ1n) is 6.59. The molecule has 0 aliphatic rings. The Balaban J connectivity index is 2.27. The van der Waals surface area contributed by atoms with Gasteiger partial charge in [-0.15, -0.1) is 0 Å². The summed E-state index contributed by atoms with van der Waals surface area (Å²) in [5.41, 5.74) is 2.21. The van der Waals surface area contributed by atoms with Crippen LogP contribution in [0.5, 0.6) is 5.75 Å². The van der Waals surface area contributed by atoms with Gasteiger partial charge in [0, 0.05) is 25.5 Å². The third-order valence-electron chi connectivity index (χ3n) is 3.10. The molecule has 2 aromatic rings. The number of methoxy groups -OCH3 is 2. The molecular formula is C15H21N3O2. The number of benzene rings is 1. The molecule has 1 atom stereocenters. The molecule has 1 unspecified atom stereocenters. The van der Waals surface area contributed by atoms with Crippen molar-refractivity contribution in [2.45, 2.75) is 19.9 Å². The van der Waals surface area contributed by atoms with Crippen molar-refractivity contribution in [2.24, 2.45) is 0 Å². The Labute approximate surface area is 119 Å². The number of anilines is 1. The smallest absolute Gasteiger partial charge is 0.207 e. The number of nitrogens with zero attached hydrogens (tertiary/aromatic N) is 2. The lowest BCUT2D eigenvalue weighted by molar-refractivity contribution is 0.190. The van der Waals surface area contributed by atoms with E-state index in [4.69, 9.17) is 9.47 Å². The van der Waals surface area contributed by atoms with Crippen molar-refractivity contribution < 1.29 is 9.47 Å². The molecular weight excluding hydrogens is 254 g/mol. The van der Waals surface area contributed by atoms with Crippen molar-refractivity contribution in [3.8, 4) is 11.4 Å². The summed E-state index contributed by atoms with van der Waals surface area (Å²) in [6.45, 7) is 4.75. The van der Waals surface area contributed by atoms with Gasteiger partial charge in [-0.3, -0.25) is 4.57 Å². The van der Waals surface area contributed by atoms with Crippen LogP contribution in [0, 0.1) is 6.92 Å². The van der Waals surface area contributed by atoms with E-state index in [1.807, 2.05) is 29.0 Å². The fourth-order valence-electron chi connectivity index (χ4n) is 2.14. The van der Waals surface area contributed by atoms with Gasteiger partial charge in [-0.05, 0) is 37.6 Å². The number of hydrogen-bond donors (Lipinski definition) is 1. The van der Waals surface area contributed by atoms with Crippen LogP contribution in [0.2, 0.25) is 0 Å². The predicted octanol–water partition coefficient (Wildman–Crippen LogP) is 2.64. The molecule has 1 aromatic heterocycles. The summed E-state index contributed by atoms with van der Waals surface area (Å²) in [5.74, 6) is 1.66. The van der Waals surface area contributed by atoms with Crippen LogP contribution in [0.15, 0.2) is 30.6 Å². The molecule has 2 rings (SSSR count). The standard InChI is InChI=1S/C15H21N3O2/c1-11-9-13(20-4)5-6-14(11)18-8-7-16-15(18)17-12(2)10-19-3/h5-9,12H,10H2,1-4H3,(H,16,17). The van der Waals surface area contributed by atoms with Crippen molar-refractivity contribution in [3.63, 3.8) is 0 Å². The molecule has 1 aromatic carbocycles. The molecule has 5 heteroatoms. The van der Waals surface area contributed by atoms with E-state index < -0.39 is 0 Å². The van der Waals surface area contributed by atoms with Crippen molar-refractivity contribution in [3.05, 3.63) is 36.2 Å². The Morgan fingerprint density at radius 1 is 1.35 bits per heavy atom. The minimum Gasteiger partial charge on any atom is -0.497 e. The summed E-state index contributed by atoms with van der Waals surface area (Å²) < 4.78 is 12.4. The fraction of sp³-hybridized carbons (Fsp3) is 0.400. The van der Waals surface area contributed by atoms with E-state index in [0.717, 1.165) is 22.9 Å². The quantitative estimate of drug-likeness (QED) is 0.880. The number of imidazole rings is 1. The SMILES string of the molecule is COCC(C)Nc1nccn1-c1ccc(OC)cc1C. The molecule has 0 aliphatic heterocycles. The van der Waals surface area contributed by atoms with Gasteiger partial charge in [0.05, 0.1) is 19.4 Å². The maximum Gasteiger partial charge on any atom is 0.207 e. The van der Waals surface area contributed by atoms with Crippen LogP contribution >= 0.6 is 0 Å². The highest BCUT2D eigenvalue weighted by Crippen LogP contribution is 2.23. The van der Waals surface area contributed by atoms with Gasteiger partial charge in [0.15, 0.2) is 0 Å². The van der Waals surface area contributed by atoms with Crippen molar-refractivity contribution in [2.75, 3.05) is 26.1 Å². The third-order valence-corrected chi connectivity index (χ3v) is 3.10. The molecule has 0 saturated carbocycles. The maximum atomic E-state index is 5.24. The second-order valence-electron chi connectivity index (χ2n) is 4.77. The van der Waals surface area contributed by atoms with Gasteiger partial charge >= 0.3 is 0 Å². The summed E-state index contributed by atoms with van der Waals surface area (Å²) in [6.07, 6.45) is 3.72. The highest BCUT2D eigenvalue weighted by atomic mass is 16.5. The van der Waals surface area contributed by atoms with E-state index in [0.29, 0.717) is 6.61 Å². The van der Waals surface area contributed by atoms with E-state index in [9.17, 15) is 0 Å². The van der Waals surface area contributed by atoms with Gasteiger partial charge in [0.25, 0.3) is 0 Å². The Morgan fingerprint density at radius 2 is 2.15 bits per heavy atom. The molecule has 0 aliphatic carbocycles. The minimum atomic E-state index is 0.194. The molecule has 0 bridgehead atoms. The number of aryl methyl sites for hydroxylation is 1. The normalized spacial score (nSPS) is 12.2. The molecule has 0 amide bonds. The lowest BCUT2D eigenvalue weighted by Gasteiger charge is -2.16. The average molecular weight is 275 g/mol. The van der Waals surface area contributed by atoms with E-state index in [-0.39, 0.29) is 6.04 Å². The molecule has 1 heterocycles. The van der Waals surface area contributed by atoms with Gasteiger partial charge < -0.3 is 14.8 Å². The number of nitrogens with one attached hydrogen (secondary N) is 1. The van der Waals surface area contributed by atoms with Gasteiger partial charge in [0.2, 0.25) is 5.95 Å². The van der Waals surface area contributed by atoms with Gasteiger partial charge in [-0.25, -0.2) is 4.98 Å². The zero-order valence-corrected chi connectivity index (χ0v) is 12.4. The molecule has 108 valence electrons. The molecule has 0 fully saturated rings. The van der Waals surface area contributed by atoms with Crippen molar-refractivity contribution >= 4 is 5.95 Å². The first kappa shape index (κ1) is 14.4. The molecule has 0 saturated heterocycles. The monoisotopic (exact) mass is 275 g/mol. The number of ether oxygens (including phenoxy) is 2. The Hall–Kier alpha value is -2.01. The summed E-state index contributed by atoms with van der Waals surface area (Å²) in [6, 6.07) is 6.18. The summed E-state index contributed by atoms with van der Waals surface area (Å²) in [7, 11) is 3.36. The molecule has 20 heavy (non-hydrogen) atoms. The first-order valence-corrected chi connectivity index (χ1v) is 6.59. The second kappa shape index (κ2) is 6.43. The van der Waals surface area contributed by atoms with Crippen LogP contribution in [0.4, 0.5) is 5.95 Å². The Kier molecular flexibility index (Phi) is 4.63.